The van der Waals surface area contributed by atoms with Crippen molar-refractivity contribution in [1.82, 2.24) is 9.97 Å². The lowest BCUT2D eigenvalue weighted by molar-refractivity contribution is -0.0455. The molecule has 0 saturated heterocycles. The van der Waals surface area contributed by atoms with E-state index in [-0.39, 0.29) is 17.0 Å². The first-order chi connectivity index (χ1) is 15.1. The molecule has 2 aromatic carbocycles. The molecule has 3 unspecified atom stereocenters. The van der Waals surface area contributed by atoms with E-state index in [1.165, 1.54) is 36.2 Å². The monoisotopic (exact) mass is 410 g/mol. The summed E-state index contributed by atoms with van der Waals surface area (Å²) in [6.07, 6.45) is 5.00. The molecule has 0 radical (unpaired) electrons. The van der Waals surface area contributed by atoms with E-state index in [1.54, 1.807) is 0 Å². The molecule has 3 aliphatic rings. The van der Waals surface area contributed by atoms with E-state index in [1.807, 2.05) is 0 Å². The van der Waals surface area contributed by atoms with Crippen molar-refractivity contribution in [2.24, 2.45) is 5.41 Å². The Balaban J connectivity index is 1.71. The maximum absolute atomic E-state index is 5.13. The topological polar surface area (TPSA) is 32.3 Å². The number of aromatic nitrogens is 2. The number of para-hydroxylation sites is 2. The van der Waals surface area contributed by atoms with Gasteiger partial charge < -0.3 is 9.80 Å². The Morgan fingerprint density at radius 3 is 2.06 bits per heavy atom. The standard InChI is InChI=1S/C27H30N4/c1-5-26-16-17-27(26,6-2)25-30(20-12-8-7-9-13-20)23-24(29-19(4)18(3)28-23)31(25)22-15-11-10-14-21(22)26/h7-15,25H,5-6,16-17H2,1-4H3. The number of benzene rings is 2. The number of hydrogen-bond acceptors (Lipinski definition) is 4. The lowest BCUT2D eigenvalue weighted by atomic mass is 9.42. The Morgan fingerprint density at radius 1 is 0.806 bits per heavy atom. The van der Waals surface area contributed by atoms with Crippen molar-refractivity contribution in [2.75, 3.05) is 9.80 Å². The van der Waals surface area contributed by atoms with Crippen LogP contribution < -0.4 is 9.80 Å². The second kappa shape index (κ2) is 6.32. The molecule has 0 bridgehead atoms. The van der Waals surface area contributed by atoms with E-state index < -0.39 is 0 Å². The van der Waals surface area contributed by atoms with E-state index in [0.29, 0.717) is 0 Å². The summed E-state index contributed by atoms with van der Waals surface area (Å²) in [5.74, 6) is 2.01. The molecule has 4 heteroatoms. The SMILES string of the molecule is CCC12CCC1(CC)C1N(c3ccccc3)c3nc(C)c(C)nc3N1c1ccccc12. The maximum Gasteiger partial charge on any atom is 0.178 e. The van der Waals surface area contributed by atoms with Crippen LogP contribution in [0.25, 0.3) is 0 Å². The molecule has 31 heavy (non-hydrogen) atoms. The first kappa shape index (κ1) is 18.9. The molecule has 158 valence electrons. The lowest BCUT2D eigenvalue weighted by Gasteiger charge is -2.68. The highest BCUT2D eigenvalue weighted by Gasteiger charge is 2.69. The van der Waals surface area contributed by atoms with Crippen molar-refractivity contribution in [3.63, 3.8) is 0 Å². The largest absolute Gasteiger partial charge is 0.301 e. The van der Waals surface area contributed by atoms with Crippen LogP contribution in [0.15, 0.2) is 54.6 Å². The molecule has 1 fully saturated rings. The fraction of sp³-hybridized carbons (Fsp3) is 0.407. The summed E-state index contributed by atoms with van der Waals surface area (Å²) in [7, 11) is 0. The smallest absolute Gasteiger partial charge is 0.178 e. The summed E-state index contributed by atoms with van der Waals surface area (Å²) in [5, 5.41) is 0. The van der Waals surface area contributed by atoms with E-state index in [0.717, 1.165) is 29.4 Å². The highest BCUT2D eigenvalue weighted by Crippen LogP contribution is 2.72. The lowest BCUT2D eigenvalue weighted by Crippen LogP contribution is -2.69. The minimum atomic E-state index is 0.163. The van der Waals surface area contributed by atoms with E-state index in [9.17, 15) is 0 Å². The fourth-order valence-electron chi connectivity index (χ4n) is 6.87. The predicted octanol–water partition coefficient (Wildman–Crippen LogP) is 6.56. The van der Waals surface area contributed by atoms with Gasteiger partial charge in [-0.2, -0.15) is 0 Å². The maximum atomic E-state index is 5.13. The van der Waals surface area contributed by atoms with E-state index in [4.69, 9.17) is 9.97 Å². The van der Waals surface area contributed by atoms with Crippen LogP contribution in [-0.2, 0) is 5.41 Å². The van der Waals surface area contributed by atoms with Crippen LogP contribution in [-0.4, -0.2) is 16.1 Å². The summed E-state index contributed by atoms with van der Waals surface area (Å²) < 4.78 is 0. The van der Waals surface area contributed by atoms with Gasteiger partial charge in [-0.3, -0.25) is 0 Å². The fourth-order valence-corrected chi connectivity index (χ4v) is 6.87. The van der Waals surface area contributed by atoms with Gasteiger partial charge in [-0.1, -0.05) is 50.2 Å². The first-order valence-corrected chi connectivity index (χ1v) is 11.7. The van der Waals surface area contributed by atoms with Crippen LogP contribution in [0.5, 0.6) is 0 Å². The zero-order chi connectivity index (χ0) is 21.4. The van der Waals surface area contributed by atoms with Crippen LogP contribution in [0.1, 0.15) is 56.5 Å². The third kappa shape index (κ3) is 2.11. The zero-order valence-corrected chi connectivity index (χ0v) is 18.9. The van der Waals surface area contributed by atoms with E-state index in [2.05, 4.69) is 92.1 Å². The zero-order valence-electron chi connectivity index (χ0n) is 18.9. The highest BCUT2D eigenvalue weighted by molar-refractivity contribution is 5.87. The second-order valence-electron chi connectivity index (χ2n) is 9.45. The molecular formula is C27H30N4. The Hall–Kier alpha value is -2.88. The number of anilines is 4. The average molecular weight is 411 g/mol. The van der Waals surface area contributed by atoms with Crippen molar-refractivity contribution >= 4 is 23.0 Å². The van der Waals surface area contributed by atoms with Crippen molar-refractivity contribution in [2.45, 2.75) is 65.0 Å². The van der Waals surface area contributed by atoms with Gasteiger partial charge in [0.1, 0.15) is 6.17 Å². The summed E-state index contributed by atoms with van der Waals surface area (Å²) in [5.41, 5.74) is 6.41. The molecule has 1 aliphatic carbocycles. The minimum Gasteiger partial charge on any atom is -0.301 e. The van der Waals surface area contributed by atoms with Gasteiger partial charge in [0.05, 0.1) is 11.4 Å². The molecule has 4 nitrogen and oxygen atoms in total. The molecule has 3 aromatic rings. The number of rotatable bonds is 3. The molecule has 3 atom stereocenters. The van der Waals surface area contributed by atoms with Gasteiger partial charge in [0.15, 0.2) is 11.6 Å². The van der Waals surface area contributed by atoms with Crippen molar-refractivity contribution in [1.29, 1.82) is 0 Å². The summed E-state index contributed by atoms with van der Waals surface area (Å²) in [4.78, 5) is 15.3. The van der Waals surface area contributed by atoms with Crippen molar-refractivity contribution in [3.05, 3.63) is 71.5 Å². The number of fused-ring (bicyclic) bond motifs is 8. The second-order valence-corrected chi connectivity index (χ2v) is 9.45. The van der Waals surface area contributed by atoms with Gasteiger partial charge in [0.25, 0.3) is 0 Å². The van der Waals surface area contributed by atoms with Crippen molar-refractivity contribution in [3.8, 4) is 0 Å². The molecule has 0 spiro atoms. The average Bonchev–Trinajstić information content (AvgIpc) is 3.09. The van der Waals surface area contributed by atoms with Crippen molar-refractivity contribution < 1.29 is 0 Å². The molecule has 6 rings (SSSR count). The molecule has 1 saturated carbocycles. The van der Waals surface area contributed by atoms with Gasteiger partial charge in [-0.25, -0.2) is 9.97 Å². The molecule has 2 aliphatic heterocycles. The van der Waals surface area contributed by atoms with Gasteiger partial charge in [-0.05, 0) is 63.3 Å². The number of hydrogen-bond donors (Lipinski definition) is 0. The summed E-state index contributed by atoms with van der Waals surface area (Å²) >= 11 is 0. The van der Waals surface area contributed by atoms with Gasteiger partial charge in [-0.15, -0.1) is 0 Å². The normalized spacial score (nSPS) is 27.8. The quantitative estimate of drug-likeness (QED) is 0.489. The van der Waals surface area contributed by atoms with Crippen LogP contribution in [0.3, 0.4) is 0 Å². The Kier molecular flexibility index (Phi) is 3.84. The van der Waals surface area contributed by atoms with Gasteiger partial charge in [0.2, 0.25) is 0 Å². The van der Waals surface area contributed by atoms with Crippen LogP contribution in [0.2, 0.25) is 0 Å². The Morgan fingerprint density at radius 2 is 1.45 bits per heavy atom. The summed E-state index contributed by atoms with van der Waals surface area (Å²) in [6.45, 7) is 8.93. The van der Waals surface area contributed by atoms with Crippen LogP contribution in [0.4, 0.5) is 23.0 Å². The summed E-state index contributed by atoms with van der Waals surface area (Å²) in [6, 6.07) is 19.9. The highest BCUT2D eigenvalue weighted by atomic mass is 15.5. The van der Waals surface area contributed by atoms with Crippen LogP contribution >= 0.6 is 0 Å². The number of nitrogens with zero attached hydrogens (tertiary/aromatic N) is 4. The van der Waals surface area contributed by atoms with Gasteiger partial charge >= 0.3 is 0 Å². The van der Waals surface area contributed by atoms with E-state index >= 15 is 0 Å². The third-order valence-corrected chi connectivity index (χ3v) is 8.61. The first-order valence-electron chi connectivity index (χ1n) is 11.7. The molecular weight excluding hydrogens is 380 g/mol. The number of aryl methyl sites for hydroxylation is 2. The molecule has 3 heterocycles. The minimum absolute atomic E-state index is 0.163. The third-order valence-electron chi connectivity index (χ3n) is 8.61. The Labute approximate surface area is 185 Å². The Bertz CT molecular complexity index is 1170. The molecule has 0 amide bonds. The van der Waals surface area contributed by atoms with Gasteiger partial charge in [0, 0.05) is 22.2 Å². The predicted molar refractivity (Wildman–Crippen MR) is 126 cm³/mol. The molecule has 0 N–H and O–H groups in total. The molecule has 1 aromatic heterocycles. The van der Waals surface area contributed by atoms with Crippen LogP contribution in [0, 0.1) is 19.3 Å².